The Morgan fingerprint density at radius 3 is 2.38 bits per heavy atom. The SMILES string of the molecule is CC(C)(CCl)OC(=O)/C=C/C(=O)O. The molecule has 13 heavy (non-hydrogen) atoms. The molecular formula is C8H11ClO4. The lowest BCUT2D eigenvalue weighted by Crippen LogP contribution is -2.29. The summed E-state index contributed by atoms with van der Waals surface area (Å²) < 4.78 is 4.82. The van der Waals surface area contributed by atoms with Gasteiger partial charge in [0.1, 0.15) is 5.60 Å². The van der Waals surface area contributed by atoms with Crippen LogP contribution < -0.4 is 0 Å². The molecule has 0 atom stereocenters. The van der Waals surface area contributed by atoms with E-state index < -0.39 is 17.5 Å². The van der Waals surface area contributed by atoms with Crippen LogP contribution in [0.25, 0.3) is 0 Å². The number of carboxylic acid groups (broad SMARTS) is 1. The Morgan fingerprint density at radius 1 is 1.46 bits per heavy atom. The van der Waals surface area contributed by atoms with E-state index in [2.05, 4.69) is 0 Å². The molecule has 0 spiro atoms. The highest BCUT2D eigenvalue weighted by molar-refractivity contribution is 6.18. The van der Waals surface area contributed by atoms with Crippen LogP contribution in [-0.2, 0) is 14.3 Å². The monoisotopic (exact) mass is 206 g/mol. The molecule has 4 nitrogen and oxygen atoms in total. The summed E-state index contributed by atoms with van der Waals surface area (Å²) in [7, 11) is 0. The van der Waals surface area contributed by atoms with Crippen molar-refractivity contribution in [2.24, 2.45) is 0 Å². The van der Waals surface area contributed by atoms with Crippen molar-refractivity contribution in [2.45, 2.75) is 19.4 Å². The number of aliphatic carboxylic acids is 1. The zero-order chi connectivity index (χ0) is 10.5. The molecule has 0 radical (unpaired) electrons. The van der Waals surface area contributed by atoms with Crippen molar-refractivity contribution in [3.05, 3.63) is 12.2 Å². The van der Waals surface area contributed by atoms with E-state index >= 15 is 0 Å². The molecule has 5 heteroatoms. The predicted octanol–water partition coefficient (Wildman–Crippen LogP) is 1.19. The summed E-state index contributed by atoms with van der Waals surface area (Å²) in [5, 5.41) is 8.20. The van der Waals surface area contributed by atoms with Gasteiger partial charge in [0, 0.05) is 12.2 Å². The Labute approximate surface area is 81.1 Å². The van der Waals surface area contributed by atoms with Crippen molar-refractivity contribution < 1.29 is 19.4 Å². The number of rotatable bonds is 4. The van der Waals surface area contributed by atoms with Crippen molar-refractivity contribution in [3.8, 4) is 0 Å². The molecule has 0 saturated carbocycles. The van der Waals surface area contributed by atoms with Crippen LogP contribution in [-0.4, -0.2) is 28.5 Å². The Hall–Kier alpha value is -1.03. The number of hydrogen-bond donors (Lipinski definition) is 1. The summed E-state index contributed by atoms with van der Waals surface area (Å²) >= 11 is 5.48. The van der Waals surface area contributed by atoms with E-state index in [9.17, 15) is 9.59 Å². The van der Waals surface area contributed by atoms with E-state index in [1.165, 1.54) is 0 Å². The second-order valence-electron chi connectivity index (χ2n) is 2.99. The van der Waals surface area contributed by atoms with E-state index in [1.54, 1.807) is 13.8 Å². The van der Waals surface area contributed by atoms with Gasteiger partial charge in [-0.3, -0.25) is 0 Å². The van der Waals surface area contributed by atoms with Crippen LogP contribution in [0.1, 0.15) is 13.8 Å². The Kier molecular flexibility index (Phi) is 4.48. The minimum absolute atomic E-state index is 0.152. The number of carboxylic acids is 1. The molecule has 1 N–H and O–H groups in total. The first-order chi connectivity index (χ1) is 5.87. The van der Waals surface area contributed by atoms with Gasteiger partial charge in [-0.15, -0.1) is 11.6 Å². The van der Waals surface area contributed by atoms with Crippen LogP contribution in [0.2, 0.25) is 0 Å². The molecule has 0 saturated heterocycles. The van der Waals surface area contributed by atoms with Crippen LogP contribution in [0, 0.1) is 0 Å². The summed E-state index contributed by atoms with van der Waals surface area (Å²) in [6.07, 6.45) is 1.56. The smallest absolute Gasteiger partial charge is 0.331 e. The molecule has 0 aromatic heterocycles. The Morgan fingerprint density at radius 2 is 2.00 bits per heavy atom. The minimum atomic E-state index is -1.19. The van der Waals surface area contributed by atoms with Gasteiger partial charge in [-0.25, -0.2) is 9.59 Å². The highest BCUT2D eigenvalue weighted by atomic mass is 35.5. The van der Waals surface area contributed by atoms with E-state index in [4.69, 9.17) is 21.4 Å². The minimum Gasteiger partial charge on any atom is -0.478 e. The molecule has 74 valence electrons. The molecule has 0 unspecified atom stereocenters. The van der Waals surface area contributed by atoms with Crippen LogP contribution in [0.5, 0.6) is 0 Å². The van der Waals surface area contributed by atoms with Crippen LogP contribution in [0.15, 0.2) is 12.2 Å². The largest absolute Gasteiger partial charge is 0.478 e. The number of carbonyl (C=O) groups excluding carboxylic acids is 1. The van der Waals surface area contributed by atoms with Gasteiger partial charge >= 0.3 is 11.9 Å². The van der Waals surface area contributed by atoms with Gasteiger partial charge in [0.25, 0.3) is 0 Å². The number of esters is 1. The molecule has 0 bridgehead atoms. The summed E-state index contributed by atoms with van der Waals surface area (Å²) in [5.74, 6) is -1.76. The van der Waals surface area contributed by atoms with Crippen molar-refractivity contribution in [2.75, 3.05) is 5.88 Å². The predicted molar refractivity (Wildman–Crippen MR) is 47.7 cm³/mol. The zero-order valence-corrected chi connectivity index (χ0v) is 8.17. The lowest BCUT2D eigenvalue weighted by molar-refractivity contribution is -0.148. The first-order valence-electron chi connectivity index (χ1n) is 3.57. The summed E-state index contributed by atoms with van der Waals surface area (Å²) in [4.78, 5) is 20.9. The number of halogens is 1. The lowest BCUT2D eigenvalue weighted by Gasteiger charge is -2.20. The van der Waals surface area contributed by atoms with Gasteiger partial charge in [0.05, 0.1) is 5.88 Å². The number of alkyl halides is 1. The van der Waals surface area contributed by atoms with Crippen LogP contribution in [0.4, 0.5) is 0 Å². The van der Waals surface area contributed by atoms with E-state index in [-0.39, 0.29) is 5.88 Å². The maximum atomic E-state index is 10.9. The first kappa shape index (κ1) is 12.0. The standard InChI is InChI=1S/C8H11ClO4/c1-8(2,5-9)13-7(12)4-3-6(10)11/h3-4H,5H2,1-2H3,(H,10,11)/b4-3+. The summed E-state index contributed by atoms with van der Waals surface area (Å²) in [6.45, 7) is 3.26. The molecule has 0 amide bonds. The fourth-order valence-corrected chi connectivity index (χ4v) is 0.527. The molecule has 0 aliphatic rings. The molecule has 0 heterocycles. The maximum absolute atomic E-state index is 10.9. The summed E-state index contributed by atoms with van der Waals surface area (Å²) in [5.41, 5.74) is -0.776. The van der Waals surface area contributed by atoms with Gasteiger partial charge in [-0.05, 0) is 13.8 Å². The molecular weight excluding hydrogens is 196 g/mol. The van der Waals surface area contributed by atoms with Gasteiger partial charge in [0.15, 0.2) is 0 Å². The third-order valence-corrected chi connectivity index (χ3v) is 1.70. The number of carbonyl (C=O) groups is 2. The quantitative estimate of drug-likeness (QED) is 0.426. The Balaban J connectivity index is 4.09. The normalized spacial score (nSPS) is 11.6. The molecule has 0 aliphatic carbocycles. The van der Waals surface area contributed by atoms with Gasteiger partial charge < -0.3 is 9.84 Å². The van der Waals surface area contributed by atoms with Crippen LogP contribution >= 0.6 is 11.6 Å². The lowest BCUT2D eigenvalue weighted by atomic mass is 10.2. The second-order valence-corrected chi connectivity index (χ2v) is 3.25. The average Bonchev–Trinajstić information content (AvgIpc) is 2.00. The van der Waals surface area contributed by atoms with Crippen molar-refractivity contribution in [3.63, 3.8) is 0 Å². The van der Waals surface area contributed by atoms with Gasteiger partial charge in [-0.2, -0.15) is 0 Å². The van der Waals surface area contributed by atoms with E-state index in [0.29, 0.717) is 6.08 Å². The fourth-order valence-electron chi connectivity index (χ4n) is 0.473. The fraction of sp³-hybridized carbons (Fsp3) is 0.500. The third-order valence-electron chi connectivity index (χ3n) is 1.06. The molecule has 0 aromatic carbocycles. The molecule has 0 aromatic rings. The molecule has 0 fully saturated rings. The maximum Gasteiger partial charge on any atom is 0.331 e. The van der Waals surface area contributed by atoms with E-state index in [1.807, 2.05) is 0 Å². The average molecular weight is 207 g/mol. The third kappa shape index (κ3) is 6.16. The van der Waals surface area contributed by atoms with Gasteiger partial charge in [-0.1, -0.05) is 0 Å². The van der Waals surface area contributed by atoms with E-state index in [0.717, 1.165) is 6.08 Å². The second kappa shape index (κ2) is 4.87. The van der Waals surface area contributed by atoms with Crippen molar-refractivity contribution >= 4 is 23.5 Å². The topological polar surface area (TPSA) is 63.6 Å². The molecule has 0 aliphatic heterocycles. The zero-order valence-electron chi connectivity index (χ0n) is 7.41. The first-order valence-corrected chi connectivity index (χ1v) is 4.11. The van der Waals surface area contributed by atoms with Crippen molar-refractivity contribution in [1.29, 1.82) is 0 Å². The number of hydrogen-bond acceptors (Lipinski definition) is 3. The summed E-state index contributed by atoms with van der Waals surface area (Å²) in [6, 6.07) is 0. The van der Waals surface area contributed by atoms with Gasteiger partial charge in [0.2, 0.25) is 0 Å². The number of ether oxygens (including phenoxy) is 1. The van der Waals surface area contributed by atoms with Crippen LogP contribution in [0.3, 0.4) is 0 Å². The highest BCUT2D eigenvalue weighted by Gasteiger charge is 2.20. The molecule has 0 rings (SSSR count). The highest BCUT2D eigenvalue weighted by Crippen LogP contribution is 2.11. The Bertz CT molecular complexity index is 232. The van der Waals surface area contributed by atoms with Crippen molar-refractivity contribution in [1.82, 2.24) is 0 Å².